The van der Waals surface area contributed by atoms with Gasteiger partial charge in [0.2, 0.25) is 0 Å². The fourth-order valence-electron chi connectivity index (χ4n) is 3.63. The lowest BCUT2D eigenvalue weighted by molar-refractivity contribution is 1.04. The van der Waals surface area contributed by atoms with Gasteiger partial charge in [-0.1, -0.05) is 101 Å². The van der Waals surface area contributed by atoms with Gasteiger partial charge in [0.25, 0.3) is 0 Å². The highest BCUT2D eigenvalue weighted by Crippen LogP contribution is 2.37. The largest absolute Gasteiger partial charge is 0.132 e. The normalized spacial score (nSPS) is 13.4. The van der Waals surface area contributed by atoms with Crippen molar-refractivity contribution in [3.8, 4) is 11.5 Å². The van der Waals surface area contributed by atoms with Crippen LogP contribution in [0.1, 0.15) is 31.9 Å². The molecule has 0 heterocycles. The number of benzene rings is 2. The highest BCUT2D eigenvalue weighted by atomic mass is 28.3. The first-order chi connectivity index (χ1) is 11.3. The highest BCUT2D eigenvalue weighted by molar-refractivity contribution is 6.84. The SMILES string of the molecule is CC[Si](CC)(CC)C(C#C[Si](C)(C)C)c1ccc2ccccc2c1. The molecule has 0 nitrogen and oxygen atoms in total. The molecule has 2 rings (SSSR count). The summed E-state index contributed by atoms with van der Waals surface area (Å²) in [6, 6.07) is 19.7. The zero-order valence-corrected chi connectivity index (χ0v) is 18.2. The number of hydrogen-bond acceptors (Lipinski definition) is 0. The van der Waals surface area contributed by atoms with Crippen molar-refractivity contribution < 1.29 is 0 Å². The van der Waals surface area contributed by atoms with Crippen molar-refractivity contribution in [2.75, 3.05) is 0 Å². The molecular weight excluding hydrogens is 320 g/mol. The van der Waals surface area contributed by atoms with Gasteiger partial charge in [0.05, 0.1) is 8.07 Å². The molecule has 0 saturated carbocycles. The van der Waals surface area contributed by atoms with Crippen LogP contribution in [0.25, 0.3) is 10.8 Å². The van der Waals surface area contributed by atoms with Crippen LogP contribution in [0.15, 0.2) is 42.5 Å². The number of rotatable bonds is 5. The van der Waals surface area contributed by atoms with Gasteiger partial charge in [0, 0.05) is 5.54 Å². The first kappa shape index (κ1) is 19.0. The quantitative estimate of drug-likeness (QED) is 0.407. The molecule has 2 aromatic carbocycles. The van der Waals surface area contributed by atoms with Gasteiger partial charge < -0.3 is 0 Å². The second-order valence-electron chi connectivity index (χ2n) is 7.98. The van der Waals surface area contributed by atoms with Gasteiger partial charge in [-0.15, -0.1) is 11.5 Å². The number of fused-ring (bicyclic) bond motifs is 1. The van der Waals surface area contributed by atoms with E-state index in [-0.39, 0.29) is 0 Å². The molecule has 0 aromatic heterocycles. The maximum Gasteiger partial charge on any atom is 0.129 e. The lowest BCUT2D eigenvalue weighted by Crippen LogP contribution is -2.39. The van der Waals surface area contributed by atoms with E-state index in [1.807, 2.05) is 0 Å². The van der Waals surface area contributed by atoms with E-state index in [0.29, 0.717) is 5.54 Å². The fraction of sp³-hybridized carbons (Fsp3) is 0.455. The van der Waals surface area contributed by atoms with E-state index in [0.717, 1.165) is 0 Å². The van der Waals surface area contributed by atoms with Gasteiger partial charge in [-0.3, -0.25) is 0 Å². The molecule has 0 N–H and O–H groups in total. The molecule has 128 valence electrons. The molecule has 2 aromatic rings. The van der Waals surface area contributed by atoms with E-state index in [9.17, 15) is 0 Å². The van der Waals surface area contributed by atoms with E-state index in [4.69, 9.17) is 0 Å². The maximum absolute atomic E-state index is 3.81. The van der Waals surface area contributed by atoms with Crippen molar-refractivity contribution in [3.05, 3.63) is 48.0 Å². The third-order valence-corrected chi connectivity index (χ3v) is 12.2. The minimum Gasteiger partial charge on any atom is -0.132 e. The third kappa shape index (κ3) is 4.20. The summed E-state index contributed by atoms with van der Waals surface area (Å²) in [4.78, 5) is 0. The maximum atomic E-state index is 3.81. The second-order valence-corrected chi connectivity index (χ2v) is 18.2. The van der Waals surface area contributed by atoms with Gasteiger partial charge >= 0.3 is 0 Å². The molecule has 0 fully saturated rings. The van der Waals surface area contributed by atoms with Crippen molar-refractivity contribution in [1.29, 1.82) is 0 Å². The van der Waals surface area contributed by atoms with Crippen LogP contribution in [-0.4, -0.2) is 16.1 Å². The Hall–Kier alpha value is -1.31. The molecule has 0 radical (unpaired) electrons. The summed E-state index contributed by atoms with van der Waals surface area (Å²) < 4.78 is 0. The fourth-order valence-corrected chi connectivity index (χ4v) is 8.34. The Morgan fingerprint density at radius 3 is 1.96 bits per heavy atom. The van der Waals surface area contributed by atoms with E-state index < -0.39 is 16.1 Å². The van der Waals surface area contributed by atoms with E-state index >= 15 is 0 Å². The Labute approximate surface area is 150 Å². The molecule has 0 aliphatic rings. The van der Waals surface area contributed by atoms with Gasteiger partial charge in [0.1, 0.15) is 8.07 Å². The van der Waals surface area contributed by atoms with Crippen molar-refractivity contribution in [1.82, 2.24) is 0 Å². The lowest BCUT2D eigenvalue weighted by Gasteiger charge is -2.35. The average molecular weight is 353 g/mol. The summed E-state index contributed by atoms with van der Waals surface area (Å²) in [5, 5.41) is 2.68. The van der Waals surface area contributed by atoms with Crippen LogP contribution in [0.3, 0.4) is 0 Å². The Morgan fingerprint density at radius 2 is 1.42 bits per heavy atom. The van der Waals surface area contributed by atoms with Crippen LogP contribution in [-0.2, 0) is 0 Å². The van der Waals surface area contributed by atoms with E-state index in [2.05, 4.69) is 94.3 Å². The standard InChI is InChI=1S/C22H32Si2/c1-7-24(8-2,9-3)22(16-17-23(4,5)6)21-15-14-19-12-10-11-13-20(19)18-21/h10-15,18,22H,7-9H2,1-6H3. The van der Waals surface area contributed by atoms with Crippen LogP contribution in [0, 0.1) is 11.5 Å². The first-order valence-electron chi connectivity index (χ1n) is 9.36. The lowest BCUT2D eigenvalue weighted by atomic mass is 10.1. The predicted molar refractivity (Wildman–Crippen MR) is 115 cm³/mol. The zero-order chi connectivity index (χ0) is 17.8. The number of hydrogen-bond donors (Lipinski definition) is 0. The summed E-state index contributed by atoms with van der Waals surface area (Å²) in [5.74, 6) is 3.81. The Kier molecular flexibility index (Phi) is 6.12. The summed E-state index contributed by atoms with van der Waals surface area (Å²) in [5.41, 5.74) is 5.62. The van der Waals surface area contributed by atoms with Gasteiger partial charge in [-0.2, -0.15) is 0 Å². The second kappa shape index (κ2) is 7.72. The van der Waals surface area contributed by atoms with Crippen molar-refractivity contribution in [2.24, 2.45) is 0 Å². The molecule has 0 amide bonds. The van der Waals surface area contributed by atoms with Gasteiger partial charge in [-0.05, 0) is 16.3 Å². The van der Waals surface area contributed by atoms with Crippen molar-refractivity contribution >= 4 is 26.9 Å². The summed E-state index contributed by atoms with van der Waals surface area (Å²) in [6.45, 7) is 14.2. The average Bonchev–Trinajstić information content (AvgIpc) is 2.58. The topological polar surface area (TPSA) is 0 Å². The van der Waals surface area contributed by atoms with Gasteiger partial charge in [-0.25, -0.2) is 0 Å². The van der Waals surface area contributed by atoms with Crippen molar-refractivity contribution in [3.63, 3.8) is 0 Å². The molecule has 0 saturated heterocycles. The van der Waals surface area contributed by atoms with E-state index in [1.165, 1.54) is 34.5 Å². The molecule has 2 heteroatoms. The molecule has 1 unspecified atom stereocenters. The molecule has 0 aliphatic carbocycles. The van der Waals surface area contributed by atoms with Crippen LogP contribution >= 0.6 is 0 Å². The molecule has 24 heavy (non-hydrogen) atoms. The highest BCUT2D eigenvalue weighted by Gasteiger charge is 2.36. The van der Waals surface area contributed by atoms with E-state index in [1.54, 1.807) is 0 Å². The molecular formula is C22H32Si2. The minimum atomic E-state index is -1.43. The minimum absolute atomic E-state index is 0.467. The Morgan fingerprint density at radius 1 is 0.833 bits per heavy atom. The first-order valence-corrected chi connectivity index (χ1v) is 15.6. The monoisotopic (exact) mass is 352 g/mol. The summed E-state index contributed by atoms with van der Waals surface area (Å²) in [6.07, 6.45) is 0. The molecule has 0 bridgehead atoms. The summed E-state index contributed by atoms with van der Waals surface area (Å²) in [7, 11) is -2.79. The smallest absolute Gasteiger partial charge is 0.129 e. The third-order valence-electron chi connectivity index (χ3n) is 5.42. The van der Waals surface area contributed by atoms with Crippen LogP contribution < -0.4 is 0 Å². The summed E-state index contributed by atoms with van der Waals surface area (Å²) >= 11 is 0. The van der Waals surface area contributed by atoms with Crippen LogP contribution in [0.5, 0.6) is 0 Å². The molecule has 0 aliphatic heterocycles. The Bertz CT molecular complexity index is 731. The zero-order valence-electron chi connectivity index (χ0n) is 16.2. The molecule has 0 spiro atoms. The Balaban J connectivity index is 2.60. The van der Waals surface area contributed by atoms with Crippen LogP contribution in [0.4, 0.5) is 0 Å². The predicted octanol–water partition coefficient (Wildman–Crippen LogP) is 6.85. The van der Waals surface area contributed by atoms with Crippen LogP contribution in [0.2, 0.25) is 37.8 Å². The molecule has 1 atom stereocenters. The van der Waals surface area contributed by atoms with Crippen molar-refractivity contribution in [2.45, 2.75) is 64.1 Å². The van der Waals surface area contributed by atoms with Gasteiger partial charge in [0.15, 0.2) is 0 Å².